The molecule has 0 bridgehead atoms. The van der Waals surface area contributed by atoms with Crippen LogP contribution in [0.15, 0.2) is 12.3 Å². The summed E-state index contributed by atoms with van der Waals surface area (Å²) < 4.78 is 0. The Morgan fingerprint density at radius 2 is 2.27 bits per heavy atom. The fourth-order valence-corrected chi connectivity index (χ4v) is 0.515. The van der Waals surface area contributed by atoms with E-state index in [1.54, 1.807) is 12.3 Å². The van der Waals surface area contributed by atoms with Gasteiger partial charge < -0.3 is 5.32 Å². The van der Waals surface area contributed by atoms with E-state index in [9.17, 15) is 4.79 Å². The van der Waals surface area contributed by atoms with E-state index in [4.69, 9.17) is 0 Å². The number of nitrogens with zero attached hydrogens (tertiary/aromatic N) is 1. The monoisotopic (exact) mass is 155 g/mol. The van der Waals surface area contributed by atoms with Crippen LogP contribution in [0.2, 0.25) is 0 Å². The first-order valence-electron chi connectivity index (χ1n) is 3.56. The molecule has 0 unspecified atom stereocenters. The van der Waals surface area contributed by atoms with Gasteiger partial charge in [-0.25, -0.2) is 0 Å². The number of H-pyrrole nitrogens is 1. The number of aromatic amines is 1. The van der Waals surface area contributed by atoms with Crippen LogP contribution >= 0.6 is 0 Å². The molecule has 0 saturated carbocycles. The van der Waals surface area contributed by atoms with Crippen LogP contribution in [0, 0.1) is 0 Å². The Morgan fingerprint density at radius 3 is 2.64 bits per heavy atom. The van der Waals surface area contributed by atoms with Crippen molar-refractivity contribution in [2.24, 2.45) is 0 Å². The maximum atomic E-state index is 10.4. The van der Waals surface area contributed by atoms with Gasteiger partial charge in [-0.15, -0.1) is 0 Å². The molecule has 1 aromatic heterocycles. The molecule has 11 heavy (non-hydrogen) atoms. The number of rotatable bonds is 1. The molecule has 0 atom stereocenters. The summed E-state index contributed by atoms with van der Waals surface area (Å²) in [7, 11) is 0. The van der Waals surface area contributed by atoms with E-state index in [-0.39, 0.29) is 5.91 Å². The molecule has 1 rings (SSSR count). The molecule has 0 aliphatic heterocycles. The molecule has 0 aliphatic rings. The summed E-state index contributed by atoms with van der Waals surface area (Å²) in [5.41, 5.74) is 0. The fourth-order valence-electron chi connectivity index (χ4n) is 0.515. The summed E-state index contributed by atoms with van der Waals surface area (Å²) in [4.78, 5) is 10.4. The predicted octanol–water partition coefficient (Wildman–Crippen LogP) is 1.39. The number of aromatic nitrogens is 2. The lowest BCUT2D eigenvalue weighted by atomic mass is 10.6. The van der Waals surface area contributed by atoms with E-state index >= 15 is 0 Å². The number of hydrogen-bond donors (Lipinski definition) is 2. The minimum atomic E-state index is -0.0979. The average molecular weight is 155 g/mol. The predicted molar refractivity (Wildman–Crippen MR) is 44.2 cm³/mol. The number of amides is 1. The van der Waals surface area contributed by atoms with E-state index in [1.165, 1.54) is 6.92 Å². The van der Waals surface area contributed by atoms with E-state index in [2.05, 4.69) is 15.5 Å². The summed E-state index contributed by atoms with van der Waals surface area (Å²) in [6.07, 6.45) is 1.57. The number of carbonyl (C=O) groups excluding carboxylic acids is 1. The lowest BCUT2D eigenvalue weighted by Gasteiger charge is -1.92. The molecule has 0 spiro atoms. The zero-order valence-corrected chi connectivity index (χ0v) is 7.01. The van der Waals surface area contributed by atoms with Gasteiger partial charge in [0.15, 0.2) is 0 Å². The van der Waals surface area contributed by atoms with Crippen LogP contribution in [0.25, 0.3) is 0 Å². The summed E-state index contributed by atoms with van der Waals surface area (Å²) in [5.74, 6) is 0.529. The highest BCUT2D eigenvalue weighted by Gasteiger charge is 1.92. The van der Waals surface area contributed by atoms with Crippen molar-refractivity contribution in [2.75, 3.05) is 5.32 Å². The van der Waals surface area contributed by atoms with Gasteiger partial charge in [0.1, 0.15) is 5.82 Å². The van der Waals surface area contributed by atoms with Crippen molar-refractivity contribution in [1.29, 1.82) is 0 Å². The second-order valence-electron chi connectivity index (χ2n) is 1.65. The molecule has 0 saturated heterocycles. The first kappa shape index (κ1) is 9.68. The minimum Gasteiger partial charge on any atom is -0.311 e. The summed E-state index contributed by atoms with van der Waals surface area (Å²) >= 11 is 0. The lowest BCUT2D eigenvalue weighted by molar-refractivity contribution is -0.114. The lowest BCUT2D eigenvalue weighted by Crippen LogP contribution is -2.05. The van der Waals surface area contributed by atoms with Gasteiger partial charge in [0, 0.05) is 13.0 Å². The summed E-state index contributed by atoms with van der Waals surface area (Å²) in [6.45, 7) is 5.45. The van der Waals surface area contributed by atoms with Crippen molar-refractivity contribution < 1.29 is 4.79 Å². The normalized spacial score (nSPS) is 7.91. The first-order valence-corrected chi connectivity index (χ1v) is 3.56. The highest BCUT2D eigenvalue weighted by atomic mass is 16.1. The largest absolute Gasteiger partial charge is 0.311 e. The molecule has 0 radical (unpaired) electrons. The van der Waals surface area contributed by atoms with Crippen LogP contribution in [0.4, 0.5) is 5.82 Å². The van der Waals surface area contributed by atoms with E-state index < -0.39 is 0 Å². The topological polar surface area (TPSA) is 57.8 Å². The highest BCUT2D eigenvalue weighted by molar-refractivity contribution is 5.87. The Labute approximate surface area is 66.0 Å². The fraction of sp³-hybridized carbons (Fsp3) is 0.429. The average Bonchev–Trinajstić information content (AvgIpc) is 2.43. The van der Waals surface area contributed by atoms with Gasteiger partial charge in [-0.05, 0) is 0 Å². The molecule has 1 aromatic rings. The number of carbonyl (C=O) groups is 1. The second kappa shape index (κ2) is 5.46. The van der Waals surface area contributed by atoms with Crippen LogP contribution in [0.5, 0.6) is 0 Å². The molecule has 4 nitrogen and oxygen atoms in total. The third kappa shape index (κ3) is 4.13. The number of nitrogens with one attached hydrogen (secondary N) is 2. The van der Waals surface area contributed by atoms with Gasteiger partial charge in [0.05, 0.1) is 6.20 Å². The van der Waals surface area contributed by atoms with E-state index in [1.807, 2.05) is 13.8 Å². The third-order valence-electron chi connectivity index (χ3n) is 0.811. The summed E-state index contributed by atoms with van der Waals surface area (Å²) in [5, 5.41) is 8.75. The Hall–Kier alpha value is -1.32. The van der Waals surface area contributed by atoms with Crippen molar-refractivity contribution in [3.05, 3.63) is 12.3 Å². The van der Waals surface area contributed by atoms with Crippen molar-refractivity contribution in [3.63, 3.8) is 0 Å². The van der Waals surface area contributed by atoms with E-state index in [0.717, 1.165) is 0 Å². The van der Waals surface area contributed by atoms with Crippen LogP contribution in [-0.2, 0) is 4.79 Å². The van der Waals surface area contributed by atoms with Crippen LogP contribution in [0.3, 0.4) is 0 Å². The van der Waals surface area contributed by atoms with Crippen molar-refractivity contribution in [1.82, 2.24) is 10.2 Å². The number of hydrogen-bond acceptors (Lipinski definition) is 2. The minimum absolute atomic E-state index is 0.0979. The molecule has 1 amide bonds. The van der Waals surface area contributed by atoms with Gasteiger partial charge in [-0.2, -0.15) is 5.10 Å². The second-order valence-corrected chi connectivity index (χ2v) is 1.65. The van der Waals surface area contributed by atoms with Gasteiger partial charge >= 0.3 is 0 Å². The van der Waals surface area contributed by atoms with Crippen molar-refractivity contribution in [3.8, 4) is 0 Å². The Kier molecular flexibility index (Phi) is 4.81. The molecule has 0 aromatic carbocycles. The maximum Gasteiger partial charge on any atom is 0.222 e. The highest BCUT2D eigenvalue weighted by Crippen LogP contribution is 1.96. The molecule has 1 heterocycles. The smallest absolute Gasteiger partial charge is 0.222 e. The molecule has 0 aliphatic carbocycles. The third-order valence-corrected chi connectivity index (χ3v) is 0.811. The summed E-state index contributed by atoms with van der Waals surface area (Å²) in [6, 6.07) is 1.68. The SMILES string of the molecule is CC.CC(=O)Nc1ccn[nH]1. The van der Waals surface area contributed by atoms with Gasteiger partial charge in [0.25, 0.3) is 0 Å². The molecule has 0 fully saturated rings. The van der Waals surface area contributed by atoms with Crippen LogP contribution in [-0.4, -0.2) is 16.1 Å². The quantitative estimate of drug-likeness (QED) is 0.644. The molecular weight excluding hydrogens is 142 g/mol. The van der Waals surface area contributed by atoms with Crippen molar-refractivity contribution in [2.45, 2.75) is 20.8 Å². The Morgan fingerprint density at radius 1 is 1.64 bits per heavy atom. The van der Waals surface area contributed by atoms with Gasteiger partial charge in [-0.1, -0.05) is 13.8 Å². The number of anilines is 1. The standard InChI is InChI=1S/C5H7N3O.C2H6/c1-4(9)7-5-2-3-6-8-5;1-2/h2-3H,1H3,(H2,6,7,8,9);1-2H3. The van der Waals surface area contributed by atoms with E-state index in [0.29, 0.717) is 5.82 Å². The van der Waals surface area contributed by atoms with Crippen LogP contribution < -0.4 is 5.32 Å². The Bertz CT molecular complexity index is 193. The molecule has 2 N–H and O–H groups in total. The zero-order chi connectivity index (χ0) is 8.69. The van der Waals surface area contributed by atoms with Crippen LogP contribution in [0.1, 0.15) is 20.8 Å². The van der Waals surface area contributed by atoms with Gasteiger partial charge in [-0.3, -0.25) is 9.89 Å². The van der Waals surface area contributed by atoms with Gasteiger partial charge in [0.2, 0.25) is 5.91 Å². The Balaban J connectivity index is 0.000000461. The first-order chi connectivity index (χ1) is 5.29. The molecule has 62 valence electrons. The zero-order valence-electron chi connectivity index (χ0n) is 7.01. The molecule has 4 heteroatoms. The van der Waals surface area contributed by atoms with Crippen molar-refractivity contribution >= 4 is 11.7 Å². The molecular formula is C7H13N3O. The maximum absolute atomic E-state index is 10.4.